The van der Waals surface area contributed by atoms with Crippen molar-refractivity contribution in [3.05, 3.63) is 75.1 Å². The molecule has 4 aromatic rings. The highest BCUT2D eigenvalue weighted by atomic mass is 35.5. The number of aromatic nitrogens is 2. The lowest BCUT2D eigenvalue weighted by molar-refractivity contribution is 0.102. The molecule has 1 amide bonds. The molecule has 29 heavy (non-hydrogen) atoms. The largest absolute Gasteiger partial charge is 0.312 e. The Labute approximate surface area is 182 Å². The number of halogens is 1. The number of hydrogen-bond acceptors (Lipinski definition) is 6. The van der Waals surface area contributed by atoms with Crippen molar-refractivity contribution in [2.45, 2.75) is 19.4 Å². The van der Waals surface area contributed by atoms with Gasteiger partial charge in [0.2, 0.25) is 5.13 Å². The Morgan fingerprint density at radius 1 is 1.14 bits per heavy atom. The first-order valence-corrected chi connectivity index (χ1v) is 10.9. The van der Waals surface area contributed by atoms with Crippen molar-refractivity contribution in [1.29, 1.82) is 0 Å². The topological polar surface area (TPSA) is 66.9 Å². The molecule has 1 aliphatic heterocycles. The standard InChI is InChI=1S/C21H18N4OS2.ClH/c26-20(14-5-6-15-11-22-8-7-13(15)9-14)23-21-25-24-19(28-21)10-16-12-27-18-4-2-1-3-17(16)18;/h1-6,9,12,22H,7-8,10-11H2,(H,23,25,26);1H. The van der Waals surface area contributed by atoms with Crippen LogP contribution < -0.4 is 10.6 Å². The molecule has 5 rings (SSSR count). The van der Waals surface area contributed by atoms with Crippen molar-refractivity contribution >= 4 is 56.2 Å². The van der Waals surface area contributed by atoms with Gasteiger partial charge < -0.3 is 5.32 Å². The SMILES string of the molecule is Cl.O=C(Nc1nnc(Cc2csc3ccccc23)s1)c1ccc2c(c1)CCNC2. The van der Waals surface area contributed by atoms with Gasteiger partial charge in [-0.15, -0.1) is 33.9 Å². The summed E-state index contributed by atoms with van der Waals surface area (Å²) < 4.78 is 1.28. The molecule has 2 aromatic carbocycles. The maximum Gasteiger partial charge on any atom is 0.257 e. The molecular formula is C21H19ClN4OS2. The van der Waals surface area contributed by atoms with Crippen molar-refractivity contribution in [2.75, 3.05) is 11.9 Å². The third kappa shape index (κ3) is 4.18. The first-order chi connectivity index (χ1) is 13.8. The molecule has 0 aliphatic carbocycles. The number of fused-ring (bicyclic) bond motifs is 2. The molecule has 0 saturated carbocycles. The van der Waals surface area contributed by atoms with E-state index in [0.29, 0.717) is 10.7 Å². The lowest BCUT2D eigenvalue weighted by Gasteiger charge is -2.17. The summed E-state index contributed by atoms with van der Waals surface area (Å²) in [6.07, 6.45) is 1.68. The summed E-state index contributed by atoms with van der Waals surface area (Å²) in [6.45, 7) is 1.82. The highest BCUT2D eigenvalue weighted by molar-refractivity contribution is 7.17. The van der Waals surface area contributed by atoms with Crippen LogP contribution in [0.2, 0.25) is 0 Å². The highest BCUT2D eigenvalue weighted by Gasteiger charge is 2.15. The number of rotatable bonds is 4. The van der Waals surface area contributed by atoms with Crippen LogP contribution in [0.5, 0.6) is 0 Å². The normalized spacial score (nSPS) is 13.0. The van der Waals surface area contributed by atoms with E-state index >= 15 is 0 Å². The predicted molar refractivity (Wildman–Crippen MR) is 122 cm³/mol. The number of carbonyl (C=O) groups is 1. The van der Waals surface area contributed by atoms with Gasteiger partial charge in [0.25, 0.3) is 5.91 Å². The van der Waals surface area contributed by atoms with Crippen LogP contribution in [0.3, 0.4) is 0 Å². The molecule has 2 aromatic heterocycles. The lowest BCUT2D eigenvalue weighted by atomic mass is 9.98. The fourth-order valence-electron chi connectivity index (χ4n) is 3.50. The average molecular weight is 443 g/mol. The molecule has 0 saturated heterocycles. The van der Waals surface area contributed by atoms with E-state index in [0.717, 1.165) is 30.9 Å². The van der Waals surface area contributed by atoms with Gasteiger partial charge in [-0.1, -0.05) is 35.6 Å². The molecule has 0 fully saturated rings. The maximum atomic E-state index is 12.6. The van der Waals surface area contributed by atoms with E-state index in [1.807, 2.05) is 18.2 Å². The van der Waals surface area contributed by atoms with Crippen molar-refractivity contribution in [2.24, 2.45) is 0 Å². The first kappa shape index (κ1) is 20.0. The van der Waals surface area contributed by atoms with Crippen LogP contribution in [0.4, 0.5) is 5.13 Å². The maximum absolute atomic E-state index is 12.6. The van der Waals surface area contributed by atoms with Gasteiger partial charge in [-0.25, -0.2) is 0 Å². The molecule has 3 heterocycles. The average Bonchev–Trinajstić information content (AvgIpc) is 3.35. The van der Waals surface area contributed by atoms with Crippen molar-refractivity contribution < 1.29 is 4.79 Å². The Hall–Kier alpha value is -2.32. The zero-order chi connectivity index (χ0) is 18.9. The molecule has 0 bridgehead atoms. The summed E-state index contributed by atoms with van der Waals surface area (Å²) in [6, 6.07) is 14.3. The van der Waals surface area contributed by atoms with E-state index in [9.17, 15) is 4.79 Å². The molecule has 0 atom stereocenters. The summed E-state index contributed by atoms with van der Waals surface area (Å²) in [4.78, 5) is 12.6. The molecule has 2 N–H and O–H groups in total. The molecule has 0 spiro atoms. The molecule has 5 nitrogen and oxygen atoms in total. The molecule has 148 valence electrons. The van der Waals surface area contributed by atoms with Gasteiger partial charge in [-0.05, 0) is 58.6 Å². The Bertz CT molecular complexity index is 1170. The van der Waals surface area contributed by atoms with Crippen LogP contribution in [0, 0.1) is 0 Å². The molecule has 1 aliphatic rings. The van der Waals surface area contributed by atoms with Crippen LogP contribution >= 0.6 is 35.1 Å². The number of amides is 1. The zero-order valence-corrected chi connectivity index (χ0v) is 17.9. The fraction of sp³-hybridized carbons (Fsp3) is 0.190. The monoisotopic (exact) mass is 442 g/mol. The number of anilines is 1. The zero-order valence-electron chi connectivity index (χ0n) is 15.5. The Kier molecular flexibility index (Phi) is 5.91. The highest BCUT2D eigenvalue weighted by Crippen LogP contribution is 2.29. The second-order valence-corrected chi connectivity index (χ2v) is 8.77. The van der Waals surface area contributed by atoms with Gasteiger partial charge in [0, 0.05) is 23.2 Å². The third-order valence-electron chi connectivity index (χ3n) is 4.95. The van der Waals surface area contributed by atoms with E-state index in [4.69, 9.17) is 0 Å². The van der Waals surface area contributed by atoms with Crippen LogP contribution in [0.15, 0.2) is 47.8 Å². The Morgan fingerprint density at radius 3 is 2.97 bits per heavy atom. The number of thiophene rings is 1. The van der Waals surface area contributed by atoms with Crippen LogP contribution in [0.1, 0.15) is 32.1 Å². The van der Waals surface area contributed by atoms with Crippen molar-refractivity contribution in [1.82, 2.24) is 15.5 Å². The Morgan fingerprint density at radius 2 is 2.03 bits per heavy atom. The van der Waals surface area contributed by atoms with E-state index < -0.39 is 0 Å². The van der Waals surface area contributed by atoms with Gasteiger partial charge in [0.05, 0.1) is 0 Å². The van der Waals surface area contributed by atoms with Gasteiger partial charge in [-0.2, -0.15) is 0 Å². The minimum Gasteiger partial charge on any atom is -0.312 e. The van der Waals surface area contributed by atoms with Crippen LogP contribution in [0.25, 0.3) is 10.1 Å². The quantitative estimate of drug-likeness (QED) is 0.482. The smallest absolute Gasteiger partial charge is 0.257 e. The van der Waals surface area contributed by atoms with Crippen LogP contribution in [-0.4, -0.2) is 22.6 Å². The van der Waals surface area contributed by atoms with Gasteiger partial charge >= 0.3 is 0 Å². The summed E-state index contributed by atoms with van der Waals surface area (Å²) in [7, 11) is 0. The first-order valence-electron chi connectivity index (χ1n) is 9.17. The predicted octanol–water partition coefficient (Wildman–Crippen LogP) is 4.66. The van der Waals surface area contributed by atoms with Gasteiger partial charge in [0.1, 0.15) is 5.01 Å². The van der Waals surface area contributed by atoms with Crippen molar-refractivity contribution in [3.63, 3.8) is 0 Å². The second-order valence-electron chi connectivity index (χ2n) is 6.80. The van der Waals surface area contributed by atoms with E-state index in [1.165, 1.54) is 38.1 Å². The number of nitrogens with one attached hydrogen (secondary N) is 2. The number of benzene rings is 2. The fourth-order valence-corrected chi connectivity index (χ4v) is 5.22. The lowest BCUT2D eigenvalue weighted by Crippen LogP contribution is -2.24. The summed E-state index contributed by atoms with van der Waals surface area (Å²) in [5, 5.41) is 19.5. The number of carbonyl (C=O) groups excluding carboxylic acids is 1. The van der Waals surface area contributed by atoms with Crippen molar-refractivity contribution in [3.8, 4) is 0 Å². The van der Waals surface area contributed by atoms with E-state index in [2.05, 4.69) is 50.5 Å². The second kappa shape index (κ2) is 8.59. The van der Waals surface area contributed by atoms with Gasteiger partial charge in [-0.3, -0.25) is 10.1 Å². The summed E-state index contributed by atoms with van der Waals surface area (Å²) in [5.74, 6) is -0.134. The van der Waals surface area contributed by atoms with Gasteiger partial charge in [0.15, 0.2) is 0 Å². The molecule has 0 radical (unpaired) electrons. The van der Waals surface area contributed by atoms with E-state index in [-0.39, 0.29) is 18.3 Å². The Balaban J connectivity index is 0.00000205. The summed E-state index contributed by atoms with van der Waals surface area (Å²) >= 11 is 3.17. The third-order valence-corrected chi connectivity index (χ3v) is 6.80. The molecule has 8 heteroatoms. The number of nitrogens with zero attached hydrogens (tertiary/aromatic N) is 2. The van der Waals surface area contributed by atoms with E-state index in [1.54, 1.807) is 11.3 Å². The molecular weight excluding hydrogens is 424 g/mol. The summed E-state index contributed by atoms with van der Waals surface area (Å²) in [5.41, 5.74) is 4.43. The number of hydrogen-bond donors (Lipinski definition) is 2. The molecule has 0 unspecified atom stereocenters. The minimum atomic E-state index is -0.134. The minimum absolute atomic E-state index is 0. The van der Waals surface area contributed by atoms with Crippen LogP contribution in [-0.2, 0) is 19.4 Å².